The lowest BCUT2D eigenvalue weighted by Crippen LogP contribution is -2.50. The molecule has 0 aromatic carbocycles. The highest BCUT2D eigenvalue weighted by Gasteiger charge is 2.31. The van der Waals surface area contributed by atoms with Crippen LogP contribution in [0.1, 0.15) is 44.9 Å². The van der Waals surface area contributed by atoms with Gasteiger partial charge in [0.2, 0.25) is 15.9 Å². The number of rotatable bonds is 5. The van der Waals surface area contributed by atoms with Gasteiger partial charge in [0.1, 0.15) is 0 Å². The van der Waals surface area contributed by atoms with Crippen molar-refractivity contribution in [3.63, 3.8) is 0 Å². The van der Waals surface area contributed by atoms with Crippen LogP contribution in [0.15, 0.2) is 4.52 Å². The molecular formula is C13H24N4O3S. The molecule has 1 aliphatic heterocycles. The molecule has 2 rings (SSSR count). The molecule has 0 saturated carbocycles. The molecule has 1 aromatic heterocycles. The van der Waals surface area contributed by atoms with Gasteiger partial charge in [0.15, 0.2) is 5.82 Å². The summed E-state index contributed by atoms with van der Waals surface area (Å²) in [6, 6.07) is 0.213. The second kappa shape index (κ2) is 6.41. The molecule has 3 atom stereocenters. The smallest absolute Gasteiger partial charge is 0.243 e. The molecule has 21 heavy (non-hydrogen) atoms. The van der Waals surface area contributed by atoms with Crippen LogP contribution in [0.4, 0.5) is 0 Å². The number of hydrogen-bond acceptors (Lipinski definition) is 6. The minimum atomic E-state index is -3.10. The summed E-state index contributed by atoms with van der Waals surface area (Å²) in [7, 11) is -3.10. The van der Waals surface area contributed by atoms with Gasteiger partial charge >= 0.3 is 0 Å². The van der Waals surface area contributed by atoms with Gasteiger partial charge in [0.25, 0.3) is 0 Å². The molecule has 2 heterocycles. The van der Waals surface area contributed by atoms with E-state index >= 15 is 0 Å². The van der Waals surface area contributed by atoms with Gasteiger partial charge in [-0.2, -0.15) is 4.98 Å². The largest absolute Gasteiger partial charge is 0.338 e. The predicted octanol–water partition coefficient (Wildman–Crippen LogP) is 0.953. The third-order valence-electron chi connectivity index (χ3n) is 3.97. The number of aryl methyl sites for hydroxylation is 1. The predicted molar refractivity (Wildman–Crippen MR) is 79.2 cm³/mol. The Morgan fingerprint density at radius 2 is 2.24 bits per heavy atom. The number of nitrogens with zero attached hydrogens (tertiary/aromatic N) is 3. The Balaban J connectivity index is 1.94. The zero-order valence-corrected chi connectivity index (χ0v) is 13.9. The van der Waals surface area contributed by atoms with E-state index in [1.165, 1.54) is 6.26 Å². The van der Waals surface area contributed by atoms with Crippen molar-refractivity contribution in [1.29, 1.82) is 0 Å². The van der Waals surface area contributed by atoms with Crippen LogP contribution >= 0.6 is 0 Å². The zero-order chi connectivity index (χ0) is 15.6. The molecule has 1 aliphatic rings. The highest BCUT2D eigenvalue weighted by Crippen LogP contribution is 2.22. The number of sulfonamides is 1. The second-order valence-corrected chi connectivity index (χ2v) is 7.77. The van der Waals surface area contributed by atoms with E-state index in [0.717, 1.165) is 12.8 Å². The van der Waals surface area contributed by atoms with Gasteiger partial charge in [0.05, 0.1) is 12.3 Å². The fraction of sp³-hybridized carbons (Fsp3) is 0.846. The third kappa shape index (κ3) is 4.02. The Hall–Kier alpha value is -0.990. The topological polar surface area (TPSA) is 88.3 Å². The quantitative estimate of drug-likeness (QED) is 0.870. The van der Waals surface area contributed by atoms with Crippen molar-refractivity contribution in [2.24, 2.45) is 5.92 Å². The van der Waals surface area contributed by atoms with Gasteiger partial charge in [-0.25, -0.2) is 12.7 Å². The summed E-state index contributed by atoms with van der Waals surface area (Å²) in [6.07, 6.45) is 2.80. The van der Waals surface area contributed by atoms with E-state index in [1.807, 2.05) is 13.8 Å². The summed E-state index contributed by atoms with van der Waals surface area (Å²) in [6.45, 7) is 7.14. The number of aromatic nitrogens is 2. The lowest BCUT2D eigenvalue weighted by atomic mass is 9.94. The molecule has 0 bridgehead atoms. The first-order chi connectivity index (χ1) is 9.81. The van der Waals surface area contributed by atoms with E-state index in [4.69, 9.17) is 4.52 Å². The van der Waals surface area contributed by atoms with E-state index in [-0.39, 0.29) is 18.0 Å². The molecule has 1 saturated heterocycles. The number of nitrogens with one attached hydrogen (secondary N) is 1. The van der Waals surface area contributed by atoms with Crippen molar-refractivity contribution in [3.05, 3.63) is 11.7 Å². The van der Waals surface area contributed by atoms with Gasteiger partial charge < -0.3 is 9.84 Å². The summed E-state index contributed by atoms with van der Waals surface area (Å²) in [5.74, 6) is 1.53. The van der Waals surface area contributed by atoms with Gasteiger partial charge in [0, 0.05) is 25.6 Å². The molecule has 1 fully saturated rings. The Morgan fingerprint density at radius 3 is 2.76 bits per heavy atom. The molecule has 120 valence electrons. The maximum atomic E-state index is 11.6. The van der Waals surface area contributed by atoms with Gasteiger partial charge in [-0.15, -0.1) is 0 Å². The first-order valence-electron chi connectivity index (χ1n) is 7.35. The first kappa shape index (κ1) is 16.4. The van der Waals surface area contributed by atoms with Crippen LogP contribution in [0.5, 0.6) is 0 Å². The Morgan fingerprint density at radius 1 is 1.52 bits per heavy atom. The maximum absolute atomic E-state index is 11.6. The van der Waals surface area contributed by atoms with Crippen LogP contribution in [-0.4, -0.2) is 48.3 Å². The summed E-state index contributed by atoms with van der Waals surface area (Å²) >= 11 is 0. The monoisotopic (exact) mass is 316 g/mol. The molecule has 0 amide bonds. The van der Waals surface area contributed by atoms with Crippen LogP contribution in [0.25, 0.3) is 0 Å². The van der Waals surface area contributed by atoms with E-state index in [9.17, 15) is 8.42 Å². The highest BCUT2D eigenvalue weighted by molar-refractivity contribution is 7.88. The van der Waals surface area contributed by atoms with E-state index < -0.39 is 10.0 Å². The summed E-state index contributed by atoms with van der Waals surface area (Å²) in [4.78, 5) is 4.33. The van der Waals surface area contributed by atoms with Crippen molar-refractivity contribution in [2.45, 2.75) is 45.7 Å². The van der Waals surface area contributed by atoms with Crippen LogP contribution in [0.2, 0.25) is 0 Å². The molecule has 0 unspecified atom stereocenters. The summed E-state index contributed by atoms with van der Waals surface area (Å²) < 4.78 is 30.0. The van der Waals surface area contributed by atoms with Crippen molar-refractivity contribution < 1.29 is 12.9 Å². The van der Waals surface area contributed by atoms with Crippen LogP contribution < -0.4 is 5.32 Å². The zero-order valence-electron chi connectivity index (χ0n) is 13.0. The van der Waals surface area contributed by atoms with Gasteiger partial charge in [-0.1, -0.05) is 19.0 Å². The van der Waals surface area contributed by atoms with Crippen molar-refractivity contribution in [3.8, 4) is 0 Å². The van der Waals surface area contributed by atoms with E-state index in [1.54, 1.807) is 4.31 Å². The Kier molecular flexibility index (Phi) is 5.00. The second-order valence-electron chi connectivity index (χ2n) is 5.78. The minimum absolute atomic E-state index is 0.0324. The summed E-state index contributed by atoms with van der Waals surface area (Å²) in [5.41, 5.74) is 0. The molecular weight excluding hydrogens is 292 g/mol. The molecule has 0 radical (unpaired) electrons. The molecule has 0 aliphatic carbocycles. The number of piperidine rings is 1. The number of hydrogen-bond donors (Lipinski definition) is 1. The Bertz CT molecular complexity index is 572. The van der Waals surface area contributed by atoms with Crippen LogP contribution in [-0.2, 0) is 16.4 Å². The van der Waals surface area contributed by atoms with Crippen LogP contribution in [0, 0.1) is 5.92 Å². The van der Waals surface area contributed by atoms with Crippen LogP contribution in [0.3, 0.4) is 0 Å². The molecule has 0 spiro atoms. The normalized spacial score (nSPS) is 25.9. The highest BCUT2D eigenvalue weighted by atomic mass is 32.2. The fourth-order valence-corrected chi connectivity index (χ4v) is 3.58. The molecule has 8 heteroatoms. The van der Waals surface area contributed by atoms with Gasteiger partial charge in [-0.3, -0.25) is 0 Å². The van der Waals surface area contributed by atoms with Crippen molar-refractivity contribution >= 4 is 10.0 Å². The average molecular weight is 316 g/mol. The van der Waals surface area contributed by atoms with E-state index in [0.29, 0.717) is 24.8 Å². The standard InChI is InChI=1S/C13H24N4O3S/c1-5-12-15-13(20-16-12)10(3)14-11-6-7-17(8-9(11)2)21(4,18)19/h9-11,14H,5-8H2,1-4H3/t9-,10-,11+/m0/s1. The molecule has 7 nitrogen and oxygen atoms in total. The SMILES string of the molecule is CCc1noc([C@H](C)N[C@@H]2CCN(S(C)(=O)=O)C[C@@H]2C)n1. The molecule has 1 aromatic rings. The lowest BCUT2D eigenvalue weighted by Gasteiger charge is -2.36. The minimum Gasteiger partial charge on any atom is -0.338 e. The average Bonchev–Trinajstić information content (AvgIpc) is 2.88. The fourth-order valence-electron chi connectivity index (χ4n) is 2.64. The maximum Gasteiger partial charge on any atom is 0.243 e. The third-order valence-corrected chi connectivity index (χ3v) is 5.24. The lowest BCUT2D eigenvalue weighted by molar-refractivity contribution is 0.200. The van der Waals surface area contributed by atoms with E-state index in [2.05, 4.69) is 22.4 Å². The summed E-state index contributed by atoms with van der Waals surface area (Å²) in [5, 5.41) is 7.38. The molecule has 1 N–H and O–H groups in total. The van der Waals surface area contributed by atoms with Gasteiger partial charge in [-0.05, 0) is 19.3 Å². The first-order valence-corrected chi connectivity index (χ1v) is 9.19. The van der Waals surface area contributed by atoms with Crippen molar-refractivity contribution in [1.82, 2.24) is 19.8 Å². The Labute approximate surface area is 126 Å². The van der Waals surface area contributed by atoms with Crippen molar-refractivity contribution in [2.75, 3.05) is 19.3 Å².